The molecule has 0 radical (unpaired) electrons. The van der Waals surface area contributed by atoms with Gasteiger partial charge in [-0.15, -0.1) is 0 Å². The molecule has 2 aromatic rings. The summed E-state index contributed by atoms with van der Waals surface area (Å²) in [5, 5.41) is 7.85. The second kappa shape index (κ2) is 6.19. The normalized spacial score (nSPS) is 31.1. The van der Waals surface area contributed by atoms with Gasteiger partial charge >= 0.3 is 0 Å². The molecule has 0 aliphatic heterocycles. The summed E-state index contributed by atoms with van der Waals surface area (Å²) >= 11 is 0. The van der Waals surface area contributed by atoms with E-state index in [0.29, 0.717) is 11.4 Å². The number of carbonyl (C=O) groups excluding carboxylic acids is 1. The van der Waals surface area contributed by atoms with E-state index in [1.54, 1.807) is 6.07 Å². The zero-order valence-electron chi connectivity index (χ0n) is 15.6. The fourth-order valence-electron chi connectivity index (χ4n) is 6.08. The Bertz CT molecular complexity index is 988. The van der Waals surface area contributed by atoms with E-state index < -0.39 is 10.0 Å². The maximum absolute atomic E-state index is 12.6. The molecule has 1 aromatic carbocycles. The van der Waals surface area contributed by atoms with Crippen LogP contribution in [0.25, 0.3) is 0 Å². The van der Waals surface area contributed by atoms with Crippen molar-refractivity contribution in [1.82, 2.24) is 0 Å². The van der Waals surface area contributed by atoms with Gasteiger partial charge in [0.15, 0.2) is 5.76 Å². The van der Waals surface area contributed by atoms with Crippen molar-refractivity contribution in [2.45, 2.75) is 48.8 Å². The van der Waals surface area contributed by atoms with Crippen LogP contribution in [0.3, 0.4) is 0 Å². The van der Waals surface area contributed by atoms with E-state index in [-0.39, 0.29) is 16.2 Å². The lowest BCUT2D eigenvalue weighted by molar-refractivity contribution is -0.0154. The van der Waals surface area contributed by atoms with Crippen LogP contribution >= 0.6 is 0 Å². The number of sulfonamides is 1. The van der Waals surface area contributed by atoms with Gasteiger partial charge in [0.25, 0.3) is 5.91 Å². The van der Waals surface area contributed by atoms with Crippen LogP contribution < -0.4 is 10.5 Å². The summed E-state index contributed by atoms with van der Waals surface area (Å²) in [5.41, 5.74) is 0.606. The van der Waals surface area contributed by atoms with E-state index in [4.69, 9.17) is 9.56 Å². The van der Waals surface area contributed by atoms with E-state index in [1.165, 1.54) is 62.8 Å². The molecule has 148 valence electrons. The fourth-order valence-corrected chi connectivity index (χ4v) is 6.59. The number of nitrogens with two attached hydrogens (primary N) is 1. The lowest BCUT2D eigenvalue weighted by atomic mass is 9.49. The molecule has 4 saturated carbocycles. The molecule has 1 aromatic heterocycles. The summed E-state index contributed by atoms with van der Waals surface area (Å²) in [4.78, 5) is 12.6. The van der Waals surface area contributed by atoms with E-state index in [9.17, 15) is 13.2 Å². The summed E-state index contributed by atoms with van der Waals surface area (Å²) in [6.45, 7) is 0. The lowest BCUT2D eigenvalue weighted by Crippen LogP contribution is -2.48. The molecule has 0 spiro atoms. The number of primary sulfonamides is 1. The highest BCUT2D eigenvalue weighted by Gasteiger charge is 2.53. The summed E-state index contributed by atoms with van der Waals surface area (Å²) in [6.07, 6.45) is 7.64. The molecule has 28 heavy (non-hydrogen) atoms. The van der Waals surface area contributed by atoms with E-state index in [0.717, 1.165) is 23.5 Å². The Labute approximate surface area is 164 Å². The number of hydrogen-bond donors (Lipinski definition) is 2. The first-order valence-corrected chi connectivity index (χ1v) is 11.4. The van der Waals surface area contributed by atoms with Crippen LogP contribution in [0.1, 0.15) is 54.8 Å². The van der Waals surface area contributed by atoms with Crippen molar-refractivity contribution in [2.75, 3.05) is 5.32 Å². The molecule has 4 aliphatic carbocycles. The first kappa shape index (κ1) is 17.9. The molecule has 1 heterocycles. The Morgan fingerprint density at radius 3 is 2.07 bits per heavy atom. The Morgan fingerprint density at radius 1 is 0.964 bits per heavy atom. The number of nitrogens with one attached hydrogen (secondary N) is 1. The topological polar surface area (TPSA) is 102 Å². The quantitative estimate of drug-likeness (QED) is 0.818. The van der Waals surface area contributed by atoms with Crippen LogP contribution in [0.2, 0.25) is 0 Å². The summed E-state index contributed by atoms with van der Waals surface area (Å²) < 4.78 is 28.7. The predicted molar refractivity (Wildman–Crippen MR) is 104 cm³/mol. The van der Waals surface area contributed by atoms with Gasteiger partial charge in [-0.2, -0.15) is 0 Å². The minimum atomic E-state index is -3.75. The second-order valence-electron chi connectivity index (χ2n) is 8.89. The van der Waals surface area contributed by atoms with Crippen molar-refractivity contribution in [1.29, 1.82) is 0 Å². The third-order valence-electron chi connectivity index (χ3n) is 6.83. The molecule has 4 bridgehead atoms. The first-order valence-electron chi connectivity index (χ1n) is 9.85. The minimum absolute atomic E-state index is 0.00704. The average Bonchev–Trinajstić information content (AvgIpc) is 3.11. The number of furan rings is 1. The average molecular weight is 401 g/mol. The molecule has 3 N–H and O–H groups in total. The van der Waals surface area contributed by atoms with Crippen molar-refractivity contribution in [2.24, 2.45) is 22.9 Å². The third-order valence-corrected chi connectivity index (χ3v) is 7.76. The molecule has 4 fully saturated rings. The van der Waals surface area contributed by atoms with Crippen LogP contribution in [0.15, 0.2) is 45.7 Å². The summed E-state index contributed by atoms with van der Waals surface area (Å²) in [6, 6.07) is 9.50. The van der Waals surface area contributed by atoms with Crippen LogP contribution in [0, 0.1) is 17.8 Å². The Balaban J connectivity index is 1.33. The highest BCUT2D eigenvalue weighted by atomic mass is 32.2. The molecular formula is C21H24N2O4S. The fraction of sp³-hybridized carbons (Fsp3) is 0.476. The smallest absolute Gasteiger partial charge is 0.291 e. The van der Waals surface area contributed by atoms with Gasteiger partial charge in [0.1, 0.15) is 5.76 Å². The van der Waals surface area contributed by atoms with Gasteiger partial charge in [-0.1, -0.05) is 0 Å². The SMILES string of the molecule is NS(=O)(=O)c1ccc(NC(=O)c2ccc(C34CC5CC(CC(C5)C3)C4)o2)cc1. The van der Waals surface area contributed by atoms with Crippen LogP contribution in [0.5, 0.6) is 0 Å². The number of amides is 1. The van der Waals surface area contributed by atoms with Gasteiger partial charge in [-0.25, -0.2) is 13.6 Å². The Hall–Kier alpha value is -2.12. The van der Waals surface area contributed by atoms with Crippen molar-refractivity contribution in [3.05, 3.63) is 47.9 Å². The van der Waals surface area contributed by atoms with Gasteiger partial charge in [-0.05, 0) is 92.7 Å². The largest absolute Gasteiger partial charge is 0.455 e. The molecule has 0 atom stereocenters. The van der Waals surface area contributed by atoms with Gasteiger partial charge in [0.2, 0.25) is 10.0 Å². The summed E-state index contributed by atoms with van der Waals surface area (Å²) in [7, 11) is -3.75. The van der Waals surface area contributed by atoms with E-state index in [1.807, 2.05) is 6.07 Å². The number of carbonyl (C=O) groups is 1. The number of rotatable bonds is 4. The predicted octanol–water partition coefficient (Wildman–Crippen LogP) is 3.65. The van der Waals surface area contributed by atoms with Gasteiger partial charge in [0.05, 0.1) is 4.90 Å². The molecule has 0 saturated heterocycles. The Morgan fingerprint density at radius 2 is 1.54 bits per heavy atom. The molecule has 0 unspecified atom stereocenters. The van der Waals surface area contributed by atoms with E-state index >= 15 is 0 Å². The van der Waals surface area contributed by atoms with Crippen molar-refractivity contribution in [3.8, 4) is 0 Å². The van der Waals surface area contributed by atoms with Crippen LogP contribution in [-0.4, -0.2) is 14.3 Å². The molecule has 6 rings (SSSR count). The molecular weight excluding hydrogens is 376 g/mol. The number of benzene rings is 1. The van der Waals surface area contributed by atoms with Gasteiger partial charge < -0.3 is 9.73 Å². The maximum atomic E-state index is 12.6. The molecule has 4 aliphatic rings. The van der Waals surface area contributed by atoms with Crippen LogP contribution in [0.4, 0.5) is 5.69 Å². The standard InChI is InChI=1S/C21H24N2O4S/c22-28(25,26)17-3-1-16(2-4-17)23-20(24)18-5-6-19(27-18)21-10-13-7-14(11-21)9-15(8-13)12-21/h1-6,13-15H,7-12H2,(H,23,24)(H2,22,25,26). The van der Waals surface area contributed by atoms with Gasteiger partial charge in [0, 0.05) is 11.1 Å². The monoisotopic (exact) mass is 400 g/mol. The third kappa shape index (κ3) is 3.06. The zero-order valence-corrected chi connectivity index (χ0v) is 16.4. The zero-order chi connectivity index (χ0) is 19.5. The highest BCUT2D eigenvalue weighted by molar-refractivity contribution is 7.89. The second-order valence-corrected chi connectivity index (χ2v) is 10.4. The van der Waals surface area contributed by atoms with Crippen LogP contribution in [-0.2, 0) is 15.4 Å². The van der Waals surface area contributed by atoms with Crippen molar-refractivity contribution in [3.63, 3.8) is 0 Å². The number of anilines is 1. The summed E-state index contributed by atoms with van der Waals surface area (Å²) in [5.74, 6) is 3.35. The van der Waals surface area contributed by atoms with Crippen molar-refractivity contribution >= 4 is 21.6 Å². The van der Waals surface area contributed by atoms with Crippen molar-refractivity contribution < 1.29 is 17.6 Å². The van der Waals surface area contributed by atoms with E-state index in [2.05, 4.69) is 5.32 Å². The first-order chi connectivity index (χ1) is 13.3. The minimum Gasteiger partial charge on any atom is -0.455 e. The number of hydrogen-bond acceptors (Lipinski definition) is 4. The van der Waals surface area contributed by atoms with Gasteiger partial charge in [-0.3, -0.25) is 4.79 Å². The highest BCUT2D eigenvalue weighted by Crippen LogP contribution is 2.60. The maximum Gasteiger partial charge on any atom is 0.291 e. The Kier molecular flexibility index (Phi) is 3.97. The molecule has 6 nitrogen and oxygen atoms in total. The molecule has 1 amide bonds. The molecule has 7 heteroatoms. The lowest BCUT2D eigenvalue weighted by Gasteiger charge is -2.55.